The quantitative estimate of drug-likeness (QED) is 0.550. The maximum absolute atomic E-state index is 12.5. The lowest BCUT2D eigenvalue weighted by atomic mass is 10.2. The van der Waals surface area contributed by atoms with E-state index in [2.05, 4.69) is 22.5 Å². The Morgan fingerprint density at radius 3 is 2.67 bits per heavy atom. The summed E-state index contributed by atoms with van der Waals surface area (Å²) in [6, 6.07) is 10.9. The molecule has 1 atom stereocenters. The van der Waals surface area contributed by atoms with Crippen molar-refractivity contribution in [1.29, 1.82) is 0 Å². The van der Waals surface area contributed by atoms with Crippen molar-refractivity contribution < 1.29 is 9.59 Å². The van der Waals surface area contributed by atoms with Crippen LogP contribution in [0.4, 0.5) is 11.5 Å². The number of hydrogen-bond acceptors (Lipinski definition) is 4. The van der Waals surface area contributed by atoms with Crippen molar-refractivity contribution in [3.05, 3.63) is 47.6 Å². The first-order valence-electron chi connectivity index (χ1n) is 9.00. The Hall–Kier alpha value is -2.05. The SMILES string of the molecule is CCCCC(=O)Nc1cccc(SC(CC)C(=O)Nc2ccc(Cl)cn2)c1. The number of amides is 2. The molecule has 0 saturated carbocycles. The first-order valence-corrected chi connectivity index (χ1v) is 10.3. The molecule has 2 rings (SSSR count). The Kier molecular flexibility index (Phi) is 8.61. The number of hydrogen-bond donors (Lipinski definition) is 2. The second-order valence-corrected chi connectivity index (χ2v) is 7.76. The lowest BCUT2D eigenvalue weighted by molar-refractivity contribution is -0.116. The number of carbonyl (C=O) groups is 2. The maximum Gasteiger partial charge on any atom is 0.239 e. The summed E-state index contributed by atoms with van der Waals surface area (Å²) in [7, 11) is 0. The van der Waals surface area contributed by atoms with Gasteiger partial charge in [-0.05, 0) is 43.2 Å². The van der Waals surface area contributed by atoms with Crippen molar-refractivity contribution in [2.24, 2.45) is 0 Å². The molecule has 1 unspecified atom stereocenters. The zero-order valence-electron chi connectivity index (χ0n) is 15.5. The fourth-order valence-corrected chi connectivity index (χ4v) is 3.48. The third-order valence-electron chi connectivity index (χ3n) is 3.80. The minimum Gasteiger partial charge on any atom is -0.326 e. The summed E-state index contributed by atoms with van der Waals surface area (Å²) < 4.78 is 0. The van der Waals surface area contributed by atoms with E-state index in [0.29, 0.717) is 23.7 Å². The lowest BCUT2D eigenvalue weighted by Crippen LogP contribution is -2.25. The molecule has 0 fully saturated rings. The highest BCUT2D eigenvalue weighted by atomic mass is 35.5. The zero-order valence-corrected chi connectivity index (χ0v) is 17.1. The molecule has 0 aliphatic carbocycles. The smallest absolute Gasteiger partial charge is 0.239 e. The molecular weight excluding hydrogens is 382 g/mol. The normalized spacial score (nSPS) is 11.7. The van der Waals surface area contributed by atoms with E-state index >= 15 is 0 Å². The Balaban J connectivity index is 1.98. The largest absolute Gasteiger partial charge is 0.326 e. The Morgan fingerprint density at radius 1 is 1.19 bits per heavy atom. The van der Waals surface area contributed by atoms with Crippen molar-refractivity contribution in [3.8, 4) is 0 Å². The van der Waals surface area contributed by atoms with Crippen LogP contribution in [0, 0.1) is 0 Å². The van der Waals surface area contributed by atoms with Gasteiger partial charge in [-0.3, -0.25) is 9.59 Å². The van der Waals surface area contributed by atoms with Gasteiger partial charge in [-0.1, -0.05) is 37.9 Å². The number of rotatable bonds is 9. The van der Waals surface area contributed by atoms with Gasteiger partial charge in [-0.25, -0.2) is 4.98 Å². The molecular formula is C20H24ClN3O2S. The molecule has 2 aromatic rings. The second kappa shape index (κ2) is 10.9. The molecule has 2 N–H and O–H groups in total. The number of carbonyl (C=O) groups excluding carboxylic acids is 2. The third kappa shape index (κ3) is 7.23. The molecule has 1 heterocycles. The molecule has 0 saturated heterocycles. The number of thioether (sulfide) groups is 1. The minimum atomic E-state index is -0.270. The zero-order chi connectivity index (χ0) is 19.6. The first-order chi connectivity index (χ1) is 13.0. The number of nitrogens with zero attached hydrogens (tertiary/aromatic N) is 1. The molecule has 1 aromatic carbocycles. The molecule has 7 heteroatoms. The van der Waals surface area contributed by atoms with E-state index in [-0.39, 0.29) is 17.1 Å². The van der Waals surface area contributed by atoms with Gasteiger partial charge in [0.2, 0.25) is 11.8 Å². The van der Waals surface area contributed by atoms with Crippen LogP contribution >= 0.6 is 23.4 Å². The van der Waals surface area contributed by atoms with E-state index in [0.717, 1.165) is 23.4 Å². The van der Waals surface area contributed by atoms with Crippen LogP contribution in [0.1, 0.15) is 39.5 Å². The third-order valence-corrected chi connectivity index (χ3v) is 5.38. The average molecular weight is 406 g/mol. The van der Waals surface area contributed by atoms with Crippen LogP contribution in [0.15, 0.2) is 47.5 Å². The number of nitrogens with one attached hydrogen (secondary N) is 2. The molecule has 144 valence electrons. The Bertz CT molecular complexity index is 768. The van der Waals surface area contributed by atoms with Gasteiger partial charge in [0.1, 0.15) is 5.82 Å². The van der Waals surface area contributed by atoms with Gasteiger partial charge in [-0.15, -0.1) is 11.8 Å². The Morgan fingerprint density at radius 2 is 2.00 bits per heavy atom. The summed E-state index contributed by atoms with van der Waals surface area (Å²) in [5, 5.41) is 5.97. The number of halogens is 1. The highest BCUT2D eigenvalue weighted by molar-refractivity contribution is 8.00. The lowest BCUT2D eigenvalue weighted by Gasteiger charge is -2.15. The number of benzene rings is 1. The van der Waals surface area contributed by atoms with Crippen LogP contribution in [0.3, 0.4) is 0 Å². The number of pyridine rings is 1. The summed E-state index contributed by atoms with van der Waals surface area (Å²) in [5.74, 6) is 0.368. The standard InChI is InChI=1S/C20H24ClN3O2S/c1-3-5-9-19(25)23-15-7-6-8-16(12-15)27-17(4-2)20(26)24-18-11-10-14(21)13-22-18/h6-8,10-13,17H,3-5,9H2,1-2H3,(H,23,25)(H,22,24,26). The van der Waals surface area contributed by atoms with Gasteiger partial charge in [-0.2, -0.15) is 0 Å². The summed E-state index contributed by atoms with van der Waals surface area (Å²) in [6.45, 7) is 4.02. The summed E-state index contributed by atoms with van der Waals surface area (Å²) in [4.78, 5) is 29.5. The van der Waals surface area contributed by atoms with Crippen LogP contribution in [0.25, 0.3) is 0 Å². The molecule has 27 heavy (non-hydrogen) atoms. The minimum absolute atomic E-state index is 0.0117. The fraction of sp³-hybridized carbons (Fsp3) is 0.350. The highest BCUT2D eigenvalue weighted by Gasteiger charge is 2.18. The number of unbranched alkanes of at least 4 members (excludes halogenated alkanes) is 1. The monoisotopic (exact) mass is 405 g/mol. The van der Waals surface area contributed by atoms with Crippen LogP contribution in [0.5, 0.6) is 0 Å². The fourth-order valence-electron chi connectivity index (χ4n) is 2.35. The summed E-state index contributed by atoms with van der Waals surface area (Å²) >= 11 is 7.28. The molecule has 2 amide bonds. The number of anilines is 2. The average Bonchev–Trinajstić information content (AvgIpc) is 2.66. The molecule has 0 spiro atoms. The molecule has 0 aliphatic rings. The first kappa shape index (κ1) is 21.3. The number of aromatic nitrogens is 1. The van der Waals surface area contributed by atoms with Crippen molar-refractivity contribution in [2.45, 2.75) is 49.7 Å². The molecule has 0 radical (unpaired) electrons. The molecule has 0 bridgehead atoms. The van der Waals surface area contributed by atoms with Gasteiger partial charge in [0.15, 0.2) is 0 Å². The van der Waals surface area contributed by atoms with Crippen LogP contribution in [-0.2, 0) is 9.59 Å². The van der Waals surface area contributed by atoms with Gasteiger partial charge in [0.05, 0.1) is 10.3 Å². The maximum atomic E-state index is 12.5. The molecule has 5 nitrogen and oxygen atoms in total. The van der Waals surface area contributed by atoms with Gasteiger partial charge < -0.3 is 10.6 Å². The van der Waals surface area contributed by atoms with E-state index in [1.54, 1.807) is 12.1 Å². The summed E-state index contributed by atoms with van der Waals surface area (Å²) in [5.41, 5.74) is 0.746. The van der Waals surface area contributed by atoms with E-state index < -0.39 is 0 Å². The van der Waals surface area contributed by atoms with Crippen molar-refractivity contribution in [1.82, 2.24) is 4.98 Å². The van der Waals surface area contributed by atoms with Gasteiger partial charge >= 0.3 is 0 Å². The molecule has 1 aromatic heterocycles. The predicted octanol–water partition coefficient (Wildman–Crippen LogP) is 5.37. The van der Waals surface area contributed by atoms with E-state index in [1.807, 2.05) is 31.2 Å². The van der Waals surface area contributed by atoms with Crippen LogP contribution in [-0.4, -0.2) is 22.0 Å². The van der Waals surface area contributed by atoms with E-state index in [4.69, 9.17) is 11.6 Å². The van der Waals surface area contributed by atoms with E-state index in [1.165, 1.54) is 18.0 Å². The Labute approximate surface area is 169 Å². The van der Waals surface area contributed by atoms with Crippen molar-refractivity contribution in [2.75, 3.05) is 10.6 Å². The van der Waals surface area contributed by atoms with Crippen LogP contribution in [0.2, 0.25) is 5.02 Å². The van der Waals surface area contributed by atoms with Crippen LogP contribution < -0.4 is 10.6 Å². The van der Waals surface area contributed by atoms with Crippen molar-refractivity contribution >= 4 is 46.7 Å². The van der Waals surface area contributed by atoms with Gasteiger partial charge in [0, 0.05) is 23.2 Å². The second-order valence-electron chi connectivity index (χ2n) is 6.05. The topological polar surface area (TPSA) is 71.1 Å². The van der Waals surface area contributed by atoms with E-state index in [9.17, 15) is 9.59 Å². The summed E-state index contributed by atoms with van der Waals surface area (Å²) in [6.07, 6.45) is 4.53. The molecule has 0 aliphatic heterocycles. The van der Waals surface area contributed by atoms with Gasteiger partial charge in [0.25, 0.3) is 0 Å². The van der Waals surface area contributed by atoms with Crippen molar-refractivity contribution in [3.63, 3.8) is 0 Å². The predicted molar refractivity (Wildman–Crippen MR) is 112 cm³/mol. The highest BCUT2D eigenvalue weighted by Crippen LogP contribution is 2.28.